The van der Waals surface area contributed by atoms with Crippen LogP contribution in [0.3, 0.4) is 0 Å². The number of nitrogens with two attached hydrogens (primary N) is 1. The zero-order valence-electron chi connectivity index (χ0n) is 8.66. The second kappa shape index (κ2) is 3.70. The summed E-state index contributed by atoms with van der Waals surface area (Å²) in [5.74, 6) is 0.524. The van der Waals surface area contributed by atoms with Crippen LogP contribution in [0.15, 0.2) is 28.7 Å². The van der Waals surface area contributed by atoms with E-state index < -0.39 is 0 Å². The Labute approximate surface area is 97.0 Å². The van der Waals surface area contributed by atoms with Crippen LogP contribution in [0.4, 0.5) is 5.82 Å². The standard InChI is InChI=1S/C11H12BrN3/c1-7-5-3-4-6-8(7)10-9(12)11(13)14-15(10)2/h3-6H,1-2H3,(H2,13,14). The molecule has 0 unspecified atom stereocenters. The van der Waals surface area contributed by atoms with Crippen molar-refractivity contribution in [3.05, 3.63) is 34.3 Å². The van der Waals surface area contributed by atoms with Crippen LogP contribution in [0.2, 0.25) is 0 Å². The van der Waals surface area contributed by atoms with Gasteiger partial charge in [-0.15, -0.1) is 0 Å². The fourth-order valence-electron chi connectivity index (χ4n) is 1.65. The van der Waals surface area contributed by atoms with Crippen LogP contribution in [0.25, 0.3) is 11.3 Å². The molecule has 0 bridgehead atoms. The van der Waals surface area contributed by atoms with E-state index >= 15 is 0 Å². The van der Waals surface area contributed by atoms with Gasteiger partial charge in [-0.25, -0.2) is 0 Å². The van der Waals surface area contributed by atoms with E-state index in [1.165, 1.54) is 5.56 Å². The molecule has 1 aromatic carbocycles. The number of benzene rings is 1. The SMILES string of the molecule is Cc1ccccc1-c1c(Br)c(N)nn1C. The third-order valence-corrected chi connectivity index (χ3v) is 3.20. The van der Waals surface area contributed by atoms with Gasteiger partial charge in [0, 0.05) is 12.6 Å². The molecule has 0 atom stereocenters. The van der Waals surface area contributed by atoms with Crippen LogP contribution in [0, 0.1) is 6.92 Å². The second-order valence-electron chi connectivity index (χ2n) is 3.49. The summed E-state index contributed by atoms with van der Waals surface area (Å²) in [5, 5.41) is 4.18. The highest BCUT2D eigenvalue weighted by Gasteiger charge is 2.14. The van der Waals surface area contributed by atoms with Crippen LogP contribution < -0.4 is 5.73 Å². The zero-order chi connectivity index (χ0) is 11.0. The molecule has 0 radical (unpaired) electrons. The van der Waals surface area contributed by atoms with Gasteiger partial charge in [0.1, 0.15) is 0 Å². The molecule has 0 saturated heterocycles. The molecule has 1 heterocycles. The van der Waals surface area contributed by atoms with Crippen molar-refractivity contribution in [3.8, 4) is 11.3 Å². The van der Waals surface area contributed by atoms with Crippen molar-refractivity contribution in [2.24, 2.45) is 7.05 Å². The number of nitrogens with zero attached hydrogens (tertiary/aromatic N) is 2. The van der Waals surface area contributed by atoms with Gasteiger partial charge in [-0.2, -0.15) is 5.10 Å². The lowest BCUT2D eigenvalue weighted by atomic mass is 10.1. The molecular weight excluding hydrogens is 254 g/mol. The van der Waals surface area contributed by atoms with Crippen molar-refractivity contribution in [1.82, 2.24) is 9.78 Å². The quantitative estimate of drug-likeness (QED) is 0.862. The molecule has 1 aromatic heterocycles. The van der Waals surface area contributed by atoms with Crippen molar-refractivity contribution in [2.75, 3.05) is 5.73 Å². The first-order valence-corrected chi connectivity index (χ1v) is 5.44. The Balaban J connectivity index is 2.69. The number of aryl methyl sites for hydroxylation is 2. The highest BCUT2D eigenvalue weighted by atomic mass is 79.9. The molecule has 2 aromatic rings. The van der Waals surface area contributed by atoms with Gasteiger partial charge >= 0.3 is 0 Å². The number of rotatable bonds is 1. The van der Waals surface area contributed by atoms with E-state index in [0.29, 0.717) is 5.82 Å². The highest BCUT2D eigenvalue weighted by Crippen LogP contribution is 2.33. The number of anilines is 1. The Morgan fingerprint density at radius 3 is 2.53 bits per heavy atom. The lowest BCUT2D eigenvalue weighted by Gasteiger charge is -2.06. The van der Waals surface area contributed by atoms with E-state index in [9.17, 15) is 0 Å². The van der Waals surface area contributed by atoms with Crippen molar-refractivity contribution in [2.45, 2.75) is 6.92 Å². The van der Waals surface area contributed by atoms with E-state index in [-0.39, 0.29) is 0 Å². The van der Waals surface area contributed by atoms with E-state index in [0.717, 1.165) is 15.7 Å². The normalized spacial score (nSPS) is 10.6. The molecular formula is C11H12BrN3. The first-order valence-electron chi connectivity index (χ1n) is 4.65. The summed E-state index contributed by atoms with van der Waals surface area (Å²) < 4.78 is 2.65. The van der Waals surface area contributed by atoms with Crippen LogP contribution in [0.5, 0.6) is 0 Å². The van der Waals surface area contributed by atoms with E-state index in [2.05, 4.69) is 40.1 Å². The van der Waals surface area contributed by atoms with Crippen molar-refractivity contribution >= 4 is 21.7 Å². The molecule has 78 valence electrons. The van der Waals surface area contributed by atoms with Crippen LogP contribution in [-0.4, -0.2) is 9.78 Å². The Kier molecular flexibility index (Phi) is 2.52. The number of hydrogen-bond acceptors (Lipinski definition) is 2. The lowest BCUT2D eigenvalue weighted by molar-refractivity contribution is 0.779. The minimum absolute atomic E-state index is 0.524. The minimum Gasteiger partial charge on any atom is -0.381 e. The molecule has 2 rings (SSSR count). The number of nitrogen functional groups attached to an aromatic ring is 1. The molecule has 4 heteroatoms. The fourth-order valence-corrected chi connectivity index (χ4v) is 2.20. The molecule has 0 saturated carbocycles. The van der Waals surface area contributed by atoms with Gasteiger partial charge in [-0.1, -0.05) is 24.3 Å². The number of aromatic nitrogens is 2. The second-order valence-corrected chi connectivity index (χ2v) is 4.28. The number of hydrogen-bond donors (Lipinski definition) is 1. The predicted molar refractivity (Wildman–Crippen MR) is 65.5 cm³/mol. The van der Waals surface area contributed by atoms with Gasteiger partial charge in [0.15, 0.2) is 5.82 Å². The van der Waals surface area contributed by atoms with E-state index in [4.69, 9.17) is 5.73 Å². The summed E-state index contributed by atoms with van der Waals surface area (Å²) in [6.45, 7) is 2.07. The summed E-state index contributed by atoms with van der Waals surface area (Å²) >= 11 is 3.46. The predicted octanol–water partition coefficient (Wildman–Crippen LogP) is 2.74. The maximum atomic E-state index is 5.75. The fraction of sp³-hybridized carbons (Fsp3) is 0.182. The smallest absolute Gasteiger partial charge is 0.160 e. The largest absolute Gasteiger partial charge is 0.381 e. The van der Waals surface area contributed by atoms with Crippen molar-refractivity contribution in [3.63, 3.8) is 0 Å². The summed E-state index contributed by atoms with van der Waals surface area (Å²) in [4.78, 5) is 0. The molecule has 0 aliphatic heterocycles. The maximum absolute atomic E-state index is 5.75. The third kappa shape index (κ3) is 1.65. The molecule has 0 amide bonds. The van der Waals surface area contributed by atoms with Crippen LogP contribution >= 0.6 is 15.9 Å². The Hall–Kier alpha value is -1.29. The van der Waals surface area contributed by atoms with Crippen LogP contribution in [0.1, 0.15) is 5.56 Å². The summed E-state index contributed by atoms with van der Waals surface area (Å²) in [7, 11) is 1.89. The Morgan fingerprint density at radius 2 is 2.00 bits per heavy atom. The summed E-state index contributed by atoms with van der Waals surface area (Å²) in [6, 6.07) is 8.17. The molecule has 0 spiro atoms. The van der Waals surface area contributed by atoms with Gasteiger partial charge < -0.3 is 5.73 Å². The van der Waals surface area contributed by atoms with Crippen LogP contribution in [-0.2, 0) is 7.05 Å². The average molecular weight is 266 g/mol. The first kappa shape index (κ1) is 10.2. The van der Waals surface area contributed by atoms with Gasteiger partial charge in [-0.3, -0.25) is 4.68 Å². The molecule has 0 fully saturated rings. The van der Waals surface area contributed by atoms with Gasteiger partial charge in [0.05, 0.1) is 10.2 Å². The molecule has 0 aliphatic carbocycles. The maximum Gasteiger partial charge on any atom is 0.160 e. The van der Waals surface area contributed by atoms with E-state index in [1.54, 1.807) is 4.68 Å². The van der Waals surface area contributed by atoms with E-state index in [1.807, 2.05) is 19.2 Å². The van der Waals surface area contributed by atoms with Gasteiger partial charge in [0.2, 0.25) is 0 Å². The zero-order valence-corrected chi connectivity index (χ0v) is 10.2. The monoisotopic (exact) mass is 265 g/mol. The lowest BCUT2D eigenvalue weighted by Crippen LogP contribution is -1.95. The number of halogens is 1. The minimum atomic E-state index is 0.524. The summed E-state index contributed by atoms with van der Waals surface area (Å²) in [5.41, 5.74) is 9.13. The molecule has 15 heavy (non-hydrogen) atoms. The molecule has 0 aliphatic rings. The topological polar surface area (TPSA) is 43.8 Å². The molecule has 3 nitrogen and oxygen atoms in total. The Morgan fingerprint density at radius 1 is 1.33 bits per heavy atom. The Bertz CT molecular complexity index is 503. The van der Waals surface area contributed by atoms with Crippen molar-refractivity contribution in [1.29, 1.82) is 0 Å². The van der Waals surface area contributed by atoms with Crippen molar-refractivity contribution < 1.29 is 0 Å². The first-order chi connectivity index (χ1) is 7.11. The molecule has 2 N–H and O–H groups in total. The third-order valence-electron chi connectivity index (χ3n) is 2.41. The summed E-state index contributed by atoms with van der Waals surface area (Å²) in [6.07, 6.45) is 0. The average Bonchev–Trinajstić information content (AvgIpc) is 2.43. The van der Waals surface area contributed by atoms with Gasteiger partial charge in [-0.05, 0) is 28.4 Å². The highest BCUT2D eigenvalue weighted by molar-refractivity contribution is 9.10. The van der Waals surface area contributed by atoms with Gasteiger partial charge in [0.25, 0.3) is 0 Å².